The molecule has 7 nitrogen and oxygen atoms in total. The van der Waals surface area contributed by atoms with E-state index >= 15 is 0 Å². The van der Waals surface area contributed by atoms with Crippen molar-refractivity contribution >= 4 is 22.8 Å². The van der Waals surface area contributed by atoms with Gasteiger partial charge >= 0.3 is 6.18 Å². The number of anilines is 1. The zero-order valence-corrected chi connectivity index (χ0v) is 14.8. The molecule has 3 heterocycles. The number of aryl methyl sites for hydroxylation is 1. The zero-order chi connectivity index (χ0) is 20.8. The second kappa shape index (κ2) is 6.69. The van der Waals surface area contributed by atoms with Crippen LogP contribution in [0.1, 0.15) is 16.2 Å². The monoisotopic (exact) mass is 404 g/mol. The molecule has 29 heavy (non-hydrogen) atoms. The normalized spacial score (nSPS) is 11.8. The van der Waals surface area contributed by atoms with Gasteiger partial charge in [0.2, 0.25) is 5.82 Å². The molecule has 3 aromatic heterocycles. The minimum absolute atomic E-state index is 0.0519. The van der Waals surface area contributed by atoms with E-state index in [1.165, 1.54) is 35.3 Å². The molecule has 0 aliphatic heterocycles. The molecule has 11 heteroatoms. The summed E-state index contributed by atoms with van der Waals surface area (Å²) in [6, 6.07) is 7.62. The van der Waals surface area contributed by atoms with E-state index in [9.17, 15) is 22.4 Å². The van der Waals surface area contributed by atoms with Crippen LogP contribution in [0.5, 0.6) is 0 Å². The predicted octanol–water partition coefficient (Wildman–Crippen LogP) is 3.77. The molecule has 0 spiro atoms. The van der Waals surface area contributed by atoms with E-state index in [-0.39, 0.29) is 28.5 Å². The average molecular weight is 404 g/mol. The van der Waals surface area contributed by atoms with Gasteiger partial charge in [-0.1, -0.05) is 12.1 Å². The number of benzene rings is 1. The van der Waals surface area contributed by atoms with E-state index in [4.69, 9.17) is 0 Å². The molecular weight excluding hydrogens is 392 g/mol. The van der Waals surface area contributed by atoms with Crippen LogP contribution in [-0.4, -0.2) is 30.6 Å². The maximum absolute atomic E-state index is 13.9. The third-order valence-corrected chi connectivity index (χ3v) is 4.22. The molecule has 0 radical (unpaired) electrons. The molecule has 0 aliphatic carbocycles. The first-order valence-electron chi connectivity index (χ1n) is 8.25. The second-order valence-corrected chi connectivity index (χ2v) is 6.14. The highest BCUT2D eigenvalue weighted by Crippen LogP contribution is 2.39. The van der Waals surface area contributed by atoms with Crippen molar-refractivity contribution < 1.29 is 22.4 Å². The van der Waals surface area contributed by atoms with Crippen molar-refractivity contribution in [2.75, 3.05) is 5.32 Å². The number of pyridine rings is 1. The third kappa shape index (κ3) is 3.42. The largest absolute Gasteiger partial charge is 0.419 e. The van der Waals surface area contributed by atoms with E-state index in [1.807, 2.05) is 0 Å². The van der Waals surface area contributed by atoms with Gasteiger partial charge in [-0.2, -0.15) is 18.3 Å². The van der Waals surface area contributed by atoms with Crippen LogP contribution in [0.4, 0.5) is 23.4 Å². The Morgan fingerprint density at radius 2 is 2.00 bits per heavy atom. The number of fused-ring (bicyclic) bond motifs is 1. The zero-order valence-electron chi connectivity index (χ0n) is 14.8. The Kier molecular flexibility index (Phi) is 4.29. The van der Waals surface area contributed by atoms with Gasteiger partial charge in [0.1, 0.15) is 29.2 Å². The molecule has 1 amide bonds. The summed E-state index contributed by atoms with van der Waals surface area (Å²) in [4.78, 5) is 23.0. The fourth-order valence-electron chi connectivity index (χ4n) is 2.93. The van der Waals surface area contributed by atoms with E-state index in [2.05, 4.69) is 25.4 Å². The molecule has 148 valence electrons. The van der Waals surface area contributed by atoms with Crippen LogP contribution < -0.4 is 5.32 Å². The summed E-state index contributed by atoms with van der Waals surface area (Å²) in [5.74, 6) is -1.69. The SMILES string of the molecule is Cn1ncnc1C(=O)Nc1ccc2cc(-c3cccc(F)c3C(F)(F)F)[nH]c2n1. The van der Waals surface area contributed by atoms with Crippen LogP contribution in [-0.2, 0) is 13.2 Å². The van der Waals surface area contributed by atoms with Gasteiger partial charge in [-0.05, 0) is 24.3 Å². The Bertz CT molecular complexity index is 1230. The topological polar surface area (TPSA) is 88.5 Å². The lowest BCUT2D eigenvalue weighted by atomic mass is 10.0. The summed E-state index contributed by atoms with van der Waals surface area (Å²) in [6.45, 7) is 0. The summed E-state index contributed by atoms with van der Waals surface area (Å²) in [7, 11) is 1.55. The summed E-state index contributed by atoms with van der Waals surface area (Å²) >= 11 is 0. The molecule has 4 aromatic rings. The number of nitrogens with one attached hydrogen (secondary N) is 2. The van der Waals surface area contributed by atoms with Crippen molar-refractivity contribution in [2.24, 2.45) is 7.05 Å². The molecule has 4 rings (SSSR count). The molecule has 0 saturated carbocycles. The van der Waals surface area contributed by atoms with Crippen molar-refractivity contribution in [1.82, 2.24) is 24.7 Å². The van der Waals surface area contributed by atoms with Gasteiger partial charge in [0.05, 0.1) is 0 Å². The maximum atomic E-state index is 13.9. The number of aromatic amines is 1. The number of rotatable bonds is 3. The van der Waals surface area contributed by atoms with Gasteiger partial charge in [0, 0.05) is 23.7 Å². The molecular formula is C18H12F4N6O. The number of hydrogen-bond donors (Lipinski definition) is 2. The van der Waals surface area contributed by atoms with E-state index in [0.717, 1.165) is 6.07 Å². The second-order valence-electron chi connectivity index (χ2n) is 6.14. The van der Waals surface area contributed by atoms with Crippen molar-refractivity contribution in [3.05, 3.63) is 59.9 Å². The highest BCUT2D eigenvalue weighted by molar-refractivity contribution is 6.01. The van der Waals surface area contributed by atoms with E-state index < -0.39 is 23.5 Å². The molecule has 2 N–H and O–H groups in total. The number of carbonyl (C=O) groups is 1. The van der Waals surface area contributed by atoms with Gasteiger partial charge < -0.3 is 10.3 Å². The number of H-pyrrole nitrogens is 1. The lowest BCUT2D eigenvalue weighted by molar-refractivity contribution is -0.139. The quantitative estimate of drug-likeness (QED) is 0.509. The van der Waals surface area contributed by atoms with Gasteiger partial charge in [-0.25, -0.2) is 19.0 Å². The standard InChI is InChI=1S/C18H12F4N6O/c1-28-16(23-8-24-28)17(29)27-13-6-5-9-7-12(25-15(9)26-13)10-3-2-4-11(19)14(10)18(20,21)22/h2-8H,1H3,(H2,25,26,27,29). The van der Waals surface area contributed by atoms with Gasteiger partial charge in [0.25, 0.3) is 5.91 Å². The first-order chi connectivity index (χ1) is 13.7. The van der Waals surface area contributed by atoms with Crippen molar-refractivity contribution in [2.45, 2.75) is 6.18 Å². The molecule has 0 aliphatic rings. The van der Waals surface area contributed by atoms with Crippen LogP contribution in [0.15, 0.2) is 42.7 Å². The molecule has 0 fully saturated rings. The fourth-order valence-corrected chi connectivity index (χ4v) is 2.93. The number of carbonyl (C=O) groups excluding carboxylic acids is 1. The minimum atomic E-state index is -4.86. The molecule has 0 atom stereocenters. The molecule has 1 aromatic carbocycles. The molecule has 0 unspecified atom stereocenters. The van der Waals surface area contributed by atoms with Crippen molar-refractivity contribution in [3.8, 4) is 11.3 Å². The van der Waals surface area contributed by atoms with E-state index in [0.29, 0.717) is 5.39 Å². The first-order valence-corrected chi connectivity index (χ1v) is 8.25. The number of halogens is 4. The summed E-state index contributed by atoms with van der Waals surface area (Å²) in [6.07, 6.45) is -3.64. The van der Waals surface area contributed by atoms with Crippen LogP contribution in [0.3, 0.4) is 0 Å². The number of aromatic nitrogens is 5. The summed E-state index contributed by atoms with van der Waals surface area (Å²) in [5, 5.41) is 6.83. The van der Waals surface area contributed by atoms with Gasteiger partial charge in [-0.3, -0.25) is 4.79 Å². The third-order valence-electron chi connectivity index (χ3n) is 4.22. The Labute approximate surface area is 160 Å². The van der Waals surface area contributed by atoms with Gasteiger partial charge in [0.15, 0.2) is 0 Å². The number of nitrogens with zero attached hydrogens (tertiary/aromatic N) is 4. The van der Waals surface area contributed by atoms with Crippen LogP contribution >= 0.6 is 0 Å². The lowest BCUT2D eigenvalue weighted by Gasteiger charge is -2.12. The minimum Gasteiger partial charge on any atom is -0.339 e. The number of amides is 1. The Morgan fingerprint density at radius 3 is 2.69 bits per heavy atom. The van der Waals surface area contributed by atoms with Crippen LogP contribution in [0, 0.1) is 5.82 Å². The average Bonchev–Trinajstić information content (AvgIpc) is 3.26. The fraction of sp³-hybridized carbons (Fsp3) is 0.111. The van der Waals surface area contributed by atoms with Crippen LogP contribution in [0.25, 0.3) is 22.3 Å². The molecule has 0 bridgehead atoms. The number of alkyl halides is 3. The van der Waals surface area contributed by atoms with Crippen molar-refractivity contribution in [1.29, 1.82) is 0 Å². The number of hydrogen-bond acceptors (Lipinski definition) is 4. The maximum Gasteiger partial charge on any atom is 0.419 e. The van der Waals surface area contributed by atoms with Crippen LogP contribution in [0.2, 0.25) is 0 Å². The smallest absolute Gasteiger partial charge is 0.339 e. The van der Waals surface area contributed by atoms with E-state index in [1.54, 1.807) is 13.1 Å². The summed E-state index contributed by atoms with van der Waals surface area (Å²) in [5.41, 5.74) is -1.41. The van der Waals surface area contributed by atoms with Crippen molar-refractivity contribution in [3.63, 3.8) is 0 Å². The Balaban J connectivity index is 1.71. The van der Waals surface area contributed by atoms with Gasteiger partial charge in [-0.15, -0.1) is 0 Å². The summed E-state index contributed by atoms with van der Waals surface area (Å²) < 4.78 is 55.0. The Hall–Kier alpha value is -3.76. The lowest BCUT2D eigenvalue weighted by Crippen LogP contribution is -2.18. The predicted molar refractivity (Wildman–Crippen MR) is 95.4 cm³/mol. The highest BCUT2D eigenvalue weighted by Gasteiger charge is 2.37. The Morgan fingerprint density at radius 1 is 1.21 bits per heavy atom. The highest BCUT2D eigenvalue weighted by atomic mass is 19.4. The first kappa shape index (κ1) is 18.6. The molecule has 0 saturated heterocycles.